The van der Waals surface area contributed by atoms with Gasteiger partial charge in [-0.25, -0.2) is 13.8 Å². The molecule has 29 heavy (non-hydrogen) atoms. The first-order valence-corrected chi connectivity index (χ1v) is 10.1. The zero-order valence-electron chi connectivity index (χ0n) is 16.5. The second kappa shape index (κ2) is 9.17. The van der Waals surface area contributed by atoms with Gasteiger partial charge in [-0.05, 0) is 44.9 Å². The molecule has 2 atom stereocenters. The Balaban J connectivity index is 1.58. The van der Waals surface area contributed by atoms with Gasteiger partial charge in [0.25, 0.3) is 11.8 Å². The standard InChI is InChI=1S/C19H29F2N5O3/c1-19(20,21)10-29-12-7-5-11(6-8-12)24-18-23-9-13(16(22)28)17(26-18)25-14-3-2-4-15(14)27/h9,11-12,14-15,27H,2-8,10H2,1H3,(H2,22,28)(H2,23,24,25,26)/t11-,12-,14-,15-/m1/s1. The largest absolute Gasteiger partial charge is 0.391 e. The van der Waals surface area contributed by atoms with E-state index in [4.69, 9.17) is 10.5 Å². The summed E-state index contributed by atoms with van der Waals surface area (Å²) in [6.45, 7) is 0.291. The maximum Gasteiger partial charge on any atom is 0.268 e. The monoisotopic (exact) mass is 413 g/mol. The lowest BCUT2D eigenvalue weighted by Crippen LogP contribution is -2.33. The highest BCUT2D eigenvalue weighted by atomic mass is 19.3. The van der Waals surface area contributed by atoms with E-state index in [9.17, 15) is 18.7 Å². The molecule has 3 rings (SSSR count). The number of aromatic nitrogens is 2. The molecule has 5 N–H and O–H groups in total. The van der Waals surface area contributed by atoms with Crippen LogP contribution in [-0.4, -0.2) is 57.8 Å². The fourth-order valence-electron chi connectivity index (χ4n) is 3.85. The number of hydrogen-bond donors (Lipinski definition) is 4. The molecule has 0 bridgehead atoms. The molecule has 10 heteroatoms. The number of anilines is 2. The number of nitrogens with zero attached hydrogens (tertiary/aromatic N) is 2. The van der Waals surface area contributed by atoms with Crippen molar-refractivity contribution >= 4 is 17.7 Å². The highest BCUT2D eigenvalue weighted by Crippen LogP contribution is 2.27. The quantitative estimate of drug-likeness (QED) is 0.516. The van der Waals surface area contributed by atoms with Gasteiger partial charge >= 0.3 is 0 Å². The molecule has 0 unspecified atom stereocenters. The molecule has 8 nitrogen and oxygen atoms in total. The minimum atomic E-state index is -2.82. The van der Waals surface area contributed by atoms with Crippen LogP contribution in [0.15, 0.2) is 6.20 Å². The number of amides is 1. The van der Waals surface area contributed by atoms with Gasteiger partial charge in [-0.2, -0.15) is 4.98 Å². The Bertz CT molecular complexity index is 708. The molecule has 2 saturated carbocycles. The van der Waals surface area contributed by atoms with E-state index in [1.54, 1.807) is 0 Å². The van der Waals surface area contributed by atoms with Crippen molar-refractivity contribution in [3.63, 3.8) is 0 Å². The number of hydrogen-bond acceptors (Lipinski definition) is 7. The predicted molar refractivity (Wildman–Crippen MR) is 104 cm³/mol. The highest BCUT2D eigenvalue weighted by Gasteiger charge is 2.29. The minimum Gasteiger partial charge on any atom is -0.391 e. The van der Waals surface area contributed by atoms with Crippen LogP contribution in [0.4, 0.5) is 20.5 Å². The SMILES string of the molecule is CC(F)(F)CO[C@H]1CC[C@H](Nc2ncc(C(N)=O)c(N[C@@H]3CCC[C@H]3O)n2)CC1. The molecule has 1 amide bonds. The average molecular weight is 413 g/mol. The number of rotatable bonds is 8. The van der Waals surface area contributed by atoms with E-state index < -0.39 is 24.5 Å². The first kappa shape index (κ1) is 21.6. The van der Waals surface area contributed by atoms with Crippen molar-refractivity contribution < 1.29 is 23.4 Å². The first-order valence-electron chi connectivity index (χ1n) is 10.1. The molecule has 162 valence electrons. The molecule has 0 aromatic carbocycles. The van der Waals surface area contributed by atoms with Crippen LogP contribution >= 0.6 is 0 Å². The molecule has 2 aliphatic carbocycles. The number of alkyl halides is 2. The summed E-state index contributed by atoms with van der Waals surface area (Å²) in [4.78, 5) is 20.3. The van der Waals surface area contributed by atoms with E-state index in [-0.39, 0.29) is 23.8 Å². The first-order chi connectivity index (χ1) is 13.7. The van der Waals surface area contributed by atoms with Gasteiger partial charge in [-0.1, -0.05) is 0 Å². The van der Waals surface area contributed by atoms with E-state index in [0.29, 0.717) is 31.0 Å². The number of halogens is 2. The Morgan fingerprint density at radius 1 is 1.28 bits per heavy atom. The molecule has 1 aromatic rings. The Labute approximate surface area is 168 Å². The third-order valence-corrected chi connectivity index (χ3v) is 5.44. The lowest BCUT2D eigenvalue weighted by Gasteiger charge is -2.30. The number of carbonyl (C=O) groups excluding carboxylic acids is 1. The summed E-state index contributed by atoms with van der Waals surface area (Å²) in [5, 5.41) is 16.4. The Morgan fingerprint density at radius 2 is 2.00 bits per heavy atom. The van der Waals surface area contributed by atoms with Gasteiger partial charge in [0, 0.05) is 19.2 Å². The Morgan fingerprint density at radius 3 is 2.59 bits per heavy atom. The van der Waals surface area contributed by atoms with E-state index >= 15 is 0 Å². The summed E-state index contributed by atoms with van der Waals surface area (Å²) in [6.07, 6.45) is 5.93. The third kappa shape index (κ3) is 6.20. The third-order valence-electron chi connectivity index (χ3n) is 5.44. The lowest BCUT2D eigenvalue weighted by molar-refractivity contribution is -0.0943. The van der Waals surface area contributed by atoms with E-state index in [2.05, 4.69) is 20.6 Å². The molecule has 1 aromatic heterocycles. The summed E-state index contributed by atoms with van der Waals surface area (Å²) in [5.74, 6) is -2.80. The number of aliphatic hydroxyl groups is 1. The zero-order chi connectivity index (χ0) is 21.0. The predicted octanol–water partition coefficient (Wildman–Crippen LogP) is 2.30. The number of nitrogens with two attached hydrogens (primary N) is 1. The van der Waals surface area contributed by atoms with Crippen LogP contribution in [0.2, 0.25) is 0 Å². The van der Waals surface area contributed by atoms with Crippen LogP contribution in [-0.2, 0) is 4.74 Å². The molecule has 2 aliphatic rings. The number of carbonyl (C=O) groups is 1. The summed E-state index contributed by atoms with van der Waals surface area (Å²) < 4.78 is 31.2. The fourth-order valence-corrected chi connectivity index (χ4v) is 3.85. The van der Waals surface area contributed by atoms with Gasteiger partial charge < -0.3 is 26.2 Å². The number of primary amides is 1. The number of aliphatic hydroxyl groups excluding tert-OH is 1. The van der Waals surface area contributed by atoms with Crippen LogP contribution in [0.25, 0.3) is 0 Å². The number of nitrogens with one attached hydrogen (secondary N) is 2. The second-order valence-corrected chi connectivity index (χ2v) is 8.07. The molecular weight excluding hydrogens is 384 g/mol. The van der Waals surface area contributed by atoms with Crippen LogP contribution in [0.1, 0.15) is 62.2 Å². The molecule has 0 aliphatic heterocycles. The molecule has 0 radical (unpaired) electrons. The van der Waals surface area contributed by atoms with E-state index in [1.165, 1.54) is 6.20 Å². The summed E-state index contributed by atoms with van der Waals surface area (Å²) in [7, 11) is 0. The Hall–Kier alpha value is -2.07. The van der Waals surface area contributed by atoms with E-state index in [1.807, 2.05) is 0 Å². The second-order valence-electron chi connectivity index (χ2n) is 8.07. The van der Waals surface area contributed by atoms with Crippen molar-refractivity contribution in [3.8, 4) is 0 Å². The number of ether oxygens (including phenoxy) is 1. The van der Waals surface area contributed by atoms with Gasteiger partial charge in [0.2, 0.25) is 5.95 Å². The molecule has 0 spiro atoms. The molecule has 1 heterocycles. The maximum absolute atomic E-state index is 12.9. The smallest absolute Gasteiger partial charge is 0.268 e. The van der Waals surface area contributed by atoms with Crippen molar-refractivity contribution in [3.05, 3.63) is 11.8 Å². The van der Waals surface area contributed by atoms with Crippen LogP contribution < -0.4 is 16.4 Å². The highest BCUT2D eigenvalue weighted by molar-refractivity contribution is 5.97. The maximum atomic E-state index is 12.9. The van der Waals surface area contributed by atoms with Crippen molar-refractivity contribution in [2.45, 2.75) is 82.1 Å². The summed E-state index contributed by atoms with van der Waals surface area (Å²) >= 11 is 0. The van der Waals surface area contributed by atoms with Crippen molar-refractivity contribution in [2.24, 2.45) is 5.73 Å². The lowest BCUT2D eigenvalue weighted by atomic mass is 9.93. The van der Waals surface area contributed by atoms with Crippen molar-refractivity contribution in [1.82, 2.24) is 9.97 Å². The van der Waals surface area contributed by atoms with Gasteiger partial charge in [0.05, 0.1) is 23.8 Å². The molecular formula is C19H29F2N5O3. The van der Waals surface area contributed by atoms with Gasteiger partial charge in [-0.15, -0.1) is 0 Å². The van der Waals surface area contributed by atoms with Gasteiger partial charge in [0.1, 0.15) is 12.4 Å². The molecule has 2 fully saturated rings. The van der Waals surface area contributed by atoms with Crippen LogP contribution in [0.3, 0.4) is 0 Å². The fraction of sp³-hybridized carbons (Fsp3) is 0.737. The average Bonchev–Trinajstić information content (AvgIpc) is 3.05. The summed E-state index contributed by atoms with van der Waals surface area (Å²) in [6, 6.07) is -0.0959. The van der Waals surface area contributed by atoms with Gasteiger partial charge in [0.15, 0.2) is 0 Å². The van der Waals surface area contributed by atoms with Gasteiger partial charge in [-0.3, -0.25) is 4.79 Å². The van der Waals surface area contributed by atoms with Crippen molar-refractivity contribution in [1.29, 1.82) is 0 Å². The van der Waals surface area contributed by atoms with Crippen molar-refractivity contribution in [2.75, 3.05) is 17.2 Å². The Kier molecular flexibility index (Phi) is 6.84. The van der Waals surface area contributed by atoms with Crippen LogP contribution in [0.5, 0.6) is 0 Å². The summed E-state index contributed by atoms with van der Waals surface area (Å²) in [5.41, 5.74) is 5.60. The normalized spacial score (nSPS) is 27.6. The van der Waals surface area contributed by atoms with Crippen LogP contribution in [0, 0.1) is 0 Å². The topological polar surface area (TPSA) is 122 Å². The zero-order valence-corrected chi connectivity index (χ0v) is 16.5. The van der Waals surface area contributed by atoms with E-state index in [0.717, 1.165) is 32.6 Å². The minimum absolute atomic E-state index is 0.0846. The molecule has 0 saturated heterocycles.